The molecule has 0 fully saturated rings. The third-order valence-corrected chi connectivity index (χ3v) is 12.7. The van der Waals surface area contributed by atoms with Crippen molar-refractivity contribution in [3.05, 3.63) is 198 Å². The Morgan fingerprint density at radius 1 is 0.392 bits per heavy atom. The second-order valence-corrected chi connectivity index (χ2v) is 15.1. The number of nitrogens with zero attached hydrogens (tertiary/aromatic N) is 1. The molecule has 8 aromatic carbocycles. The molecular weight excluding hydrogens is 635 g/mol. The summed E-state index contributed by atoms with van der Waals surface area (Å²) in [4.78, 5) is 2.50. The number of hydrogen-bond acceptors (Lipinski definition) is 2. The zero-order valence-electron chi connectivity index (χ0n) is 27.6. The maximum absolute atomic E-state index is 2.52. The fourth-order valence-electron chi connectivity index (χ4n) is 9.68. The third kappa shape index (κ3) is 3.45. The van der Waals surface area contributed by atoms with E-state index in [1.807, 2.05) is 11.3 Å². The van der Waals surface area contributed by atoms with Crippen LogP contribution in [0.1, 0.15) is 22.3 Å². The van der Waals surface area contributed by atoms with Crippen LogP contribution in [0.15, 0.2) is 176 Å². The zero-order chi connectivity index (χ0) is 33.3. The van der Waals surface area contributed by atoms with Crippen LogP contribution in [-0.4, -0.2) is 0 Å². The maximum Gasteiger partial charge on any atom is 0.0738 e. The lowest BCUT2D eigenvalue weighted by atomic mass is 9.73. The van der Waals surface area contributed by atoms with E-state index in [0.29, 0.717) is 0 Å². The van der Waals surface area contributed by atoms with Crippen molar-refractivity contribution in [3.8, 4) is 44.5 Å². The van der Waals surface area contributed by atoms with Gasteiger partial charge in [0.15, 0.2) is 0 Å². The molecule has 1 atom stereocenters. The van der Waals surface area contributed by atoms with Crippen molar-refractivity contribution in [3.63, 3.8) is 0 Å². The Morgan fingerprint density at radius 2 is 0.961 bits per heavy atom. The summed E-state index contributed by atoms with van der Waals surface area (Å²) >= 11 is 1.87. The lowest BCUT2D eigenvalue weighted by Crippen LogP contribution is -2.23. The molecule has 0 saturated carbocycles. The van der Waals surface area contributed by atoms with Crippen molar-refractivity contribution in [2.24, 2.45) is 0 Å². The average Bonchev–Trinajstić information content (AvgIpc) is 3.91. The van der Waals surface area contributed by atoms with Gasteiger partial charge in [0, 0.05) is 31.5 Å². The lowest BCUT2D eigenvalue weighted by Gasteiger charge is -2.30. The zero-order valence-corrected chi connectivity index (χ0v) is 28.4. The van der Waals surface area contributed by atoms with E-state index >= 15 is 0 Å². The van der Waals surface area contributed by atoms with Crippen LogP contribution < -0.4 is 4.90 Å². The summed E-state index contributed by atoms with van der Waals surface area (Å²) in [5.74, 6) is 0. The Morgan fingerprint density at radius 3 is 1.75 bits per heavy atom. The van der Waals surface area contributed by atoms with E-state index in [9.17, 15) is 0 Å². The first-order valence-corrected chi connectivity index (χ1v) is 18.5. The lowest BCUT2D eigenvalue weighted by molar-refractivity contribution is 0.818. The minimum atomic E-state index is -0.330. The molecular formula is C49H29NS. The molecule has 1 spiro atoms. The van der Waals surface area contributed by atoms with Crippen molar-refractivity contribution in [1.29, 1.82) is 0 Å². The van der Waals surface area contributed by atoms with Crippen LogP contribution in [0.25, 0.3) is 64.7 Å². The minimum Gasteiger partial charge on any atom is -0.310 e. The summed E-state index contributed by atoms with van der Waals surface area (Å²) in [7, 11) is 0. The quantitative estimate of drug-likeness (QED) is 0.181. The second-order valence-electron chi connectivity index (χ2n) is 14.0. The summed E-state index contributed by atoms with van der Waals surface area (Å²) in [6.07, 6.45) is 0. The van der Waals surface area contributed by atoms with E-state index in [0.717, 1.165) is 5.69 Å². The van der Waals surface area contributed by atoms with Gasteiger partial charge in [-0.15, -0.1) is 11.3 Å². The highest BCUT2D eigenvalue weighted by molar-refractivity contribution is 7.26. The summed E-state index contributed by atoms with van der Waals surface area (Å²) in [5.41, 5.74) is 19.5. The van der Waals surface area contributed by atoms with E-state index in [1.165, 1.54) is 98.3 Å². The molecule has 0 aliphatic heterocycles. The molecule has 3 aliphatic rings. The SMILES string of the molecule is c1ccc(-c2ccc(N(c3ccc4c(c3)C35c6ccccc6-c6cccc(c63)-c3cccc-4c35)c3cccc4sc5ccccc5c34)cc2)cc1. The third-order valence-electron chi connectivity index (χ3n) is 11.6. The summed E-state index contributed by atoms with van der Waals surface area (Å²) in [6, 6.07) is 65.7. The molecule has 236 valence electrons. The standard InChI is InChI=1S/C49H29NS/c1-2-11-30(12-3-1)31-23-25-32(26-24-31)50(43-20-10-22-45-46(43)40-14-5-7-21-44(40)51-45)33-27-28-35-37-16-9-18-39-38-17-8-15-36-34-13-4-6-19-41(34)49(47(36)38,48(37)39)42(35)29-33/h1-29H. The normalized spacial score (nSPS) is 15.5. The predicted octanol–water partition coefficient (Wildman–Crippen LogP) is 13.5. The van der Waals surface area contributed by atoms with Gasteiger partial charge in [0.1, 0.15) is 0 Å². The number of benzene rings is 8. The van der Waals surface area contributed by atoms with Crippen LogP contribution in [0.4, 0.5) is 17.1 Å². The van der Waals surface area contributed by atoms with Gasteiger partial charge in [-0.25, -0.2) is 0 Å². The molecule has 9 aromatic rings. The largest absolute Gasteiger partial charge is 0.310 e. The Bertz CT molecular complexity index is 2880. The monoisotopic (exact) mass is 663 g/mol. The van der Waals surface area contributed by atoms with E-state index in [1.54, 1.807) is 0 Å². The van der Waals surface area contributed by atoms with Gasteiger partial charge in [-0.1, -0.05) is 133 Å². The van der Waals surface area contributed by atoms with Gasteiger partial charge >= 0.3 is 0 Å². The van der Waals surface area contributed by atoms with Crippen LogP contribution in [-0.2, 0) is 5.41 Å². The van der Waals surface area contributed by atoms with Crippen LogP contribution in [0.2, 0.25) is 0 Å². The number of fused-ring (bicyclic) bond motifs is 8. The predicted molar refractivity (Wildman–Crippen MR) is 215 cm³/mol. The average molecular weight is 664 g/mol. The highest BCUT2D eigenvalue weighted by atomic mass is 32.1. The molecule has 51 heavy (non-hydrogen) atoms. The van der Waals surface area contributed by atoms with Gasteiger partial charge < -0.3 is 4.90 Å². The van der Waals surface area contributed by atoms with Crippen LogP contribution >= 0.6 is 11.3 Å². The Hall–Kier alpha value is -6.22. The van der Waals surface area contributed by atoms with Crippen LogP contribution in [0.5, 0.6) is 0 Å². The number of rotatable bonds is 4. The fourth-order valence-corrected chi connectivity index (χ4v) is 10.8. The maximum atomic E-state index is 2.52. The molecule has 0 N–H and O–H groups in total. The van der Waals surface area contributed by atoms with Crippen molar-refractivity contribution >= 4 is 48.6 Å². The summed E-state index contributed by atoms with van der Waals surface area (Å²) in [6.45, 7) is 0. The molecule has 1 unspecified atom stereocenters. The van der Waals surface area contributed by atoms with E-state index in [-0.39, 0.29) is 5.41 Å². The Kier molecular flexibility index (Phi) is 5.38. The number of hydrogen-bond donors (Lipinski definition) is 0. The molecule has 1 aromatic heterocycles. The van der Waals surface area contributed by atoms with Gasteiger partial charge in [-0.2, -0.15) is 0 Å². The first-order chi connectivity index (χ1) is 25.3. The fraction of sp³-hybridized carbons (Fsp3) is 0.0204. The van der Waals surface area contributed by atoms with Gasteiger partial charge in [0.25, 0.3) is 0 Å². The number of thiophene rings is 1. The van der Waals surface area contributed by atoms with E-state index in [2.05, 4.69) is 181 Å². The molecule has 12 rings (SSSR count). The van der Waals surface area contributed by atoms with Gasteiger partial charge in [0.05, 0.1) is 11.1 Å². The Labute approximate surface area is 300 Å². The van der Waals surface area contributed by atoms with Crippen LogP contribution in [0, 0.1) is 0 Å². The second kappa shape index (κ2) is 9.94. The first-order valence-electron chi connectivity index (χ1n) is 17.7. The molecule has 2 heteroatoms. The molecule has 3 aliphatic carbocycles. The summed E-state index contributed by atoms with van der Waals surface area (Å²) < 4.78 is 2.61. The highest BCUT2D eigenvalue weighted by Crippen LogP contribution is 2.70. The molecule has 1 nitrogen and oxygen atoms in total. The van der Waals surface area contributed by atoms with Gasteiger partial charge in [-0.3, -0.25) is 0 Å². The smallest absolute Gasteiger partial charge is 0.0738 e. The van der Waals surface area contributed by atoms with E-state index in [4.69, 9.17) is 0 Å². The van der Waals surface area contributed by atoms with Crippen molar-refractivity contribution in [2.45, 2.75) is 5.41 Å². The molecule has 1 heterocycles. The van der Waals surface area contributed by atoms with Crippen molar-refractivity contribution in [2.75, 3.05) is 4.90 Å². The Balaban J connectivity index is 1.15. The topological polar surface area (TPSA) is 3.24 Å². The highest BCUT2D eigenvalue weighted by Gasteiger charge is 2.57. The van der Waals surface area contributed by atoms with Gasteiger partial charge in [0.2, 0.25) is 0 Å². The molecule has 0 radical (unpaired) electrons. The first kappa shape index (κ1) is 27.6. The van der Waals surface area contributed by atoms with Gasteiger partial charge in [-0.05, 0) is 109 Å². The number of anilines is 3. The summed E-state index contributed by atoms with van der Waals surface area (Å²) in [5, 5.41) is 2.60. The molecule has 0 bridgehead atoms. The molecule has 0 saturated heterocycles. The van der Waals surface area contributed by atoms with Crippen molar-refractivity contribution < 1.29 is 0 Å². The molecule has 0 amide bonds. The van der Waals surface area contributed by atoms with E-state index < -0.39 is 0 Å². The minimum absolute atomic E-state index is 0.330. The van der Waals surface area contributed by atoms with Crippen LogP contribution in [0.3, 0.4) is 0 Å². The van der Waals surface area contributed by atoms with Crippen molar-refractivity contribution in [1.82, 2.24) is 0 Å².